The fourth-order valence-electron chi connectivity index (χ4n) is 3.66. The maximum absolute atomic E-state index is 12.8. The van der Waals surface area contributed by atoms with E-state index in [2.05, 4.69) is 9.97 Å². The van der Waals surface area contributed by atoms with Gasteiger partial charge in [0.2, 0.25) is 0 Å². The molecule has 4 aromatic rings. The van der Waals surface area contributed by atoms with Crippen LogP contribution >= 0.6 is 0 Å². The fraction of sp³-hybridized carbons (Fsp3) is 0. The van der Waals surface area contributed by atoms with Gasteiger partial charge < -0.3 is 9.97 Å². The fourth-order valence-corrected chi connectivity index (χ4v) is 3.66. The molecule has 0 unspecified atom stereocenters. The number of aromatic nitrogens is 2. The number of para-hydroxylation sites is 2. The summed E-state index contributed by atoms with van der Waals surface area (Å²) in [5.41, 5.74) is 4.26. The van der Waals surface area contributed by atoms with E-state index in [1.807, 2.05) is 48.5 Å². The van der Waals surface area contributed by atoms with Gasteiger partial charge in [-0.05, 0) is 24.3 Å². The van der Waals surface area contributed by atoms with Crippen LogP contribution in [0.5, 0.6) is 0 Å². The quantitative estimate of drug-likeness (QED) is 0.536. The molecule has 0 aliphatic heterocycles. The number of aromatic amines is 2. The molecular weight excluding hydrogens is 324 g/mol. The second-order valence-electron chi connectivity index (χ2n) is 6.31. The van der Waals surface area contributed by atoms with Crippen molar-refractivity contribution in [3.05, 3.63) is 84.2 Å². The number of carbonyl (C=O) groups excluding carboxylic acids is 2. The van der Waals surface area contributed by atoms with Crippen molar-refractivity contribution in [3.8, 4) is 0 Å². The standard InChI is InChI=1S/C22H14N2O2/c25-19-9-10-20(26)22(16-12-24-18-8-4-2-6-14(16)18)21(19)15-11-23-17-7-3-1-5-13(15)17/h1-12,23-24H. The molecule has 124 valence electrons. The van der Waals surface area contributed by atoms with E-state index in [9.17, 15) is 9.59 Å². The largest absolute Gasteiger partial charge is 0.361 e. The van der Waals surface area contributed by atoms with E-state index in [0.29, 0.717) is 11.1 Å². The van der Waals surface area contributed by atoms with Gasteiger partial charge in [-0.25, -0.2) is 0 Å². The summed E-state index contributed by atoms with van der Waals surface area (Å²) in [5.74, 6) is -0.315. The highest BCUT2D eigenvalue weighted by atomic mass is 16.1. The number of rotatable bonds is 2. The first-order chi connectivity index (χ1) is 12.7. The number of nitrogens with one attached hydrogen (secondary N) is 2. The number of allylic oxidation sites excluding steroid dienone is 4. The maximum atomic E-state index is 12.8. The highest BCUT2D eigenvalue weighted by molar-refractivity contribution is 6.49. The summed E-state index contributed by atoms with van der Waals surface area (Å²) in [6.45, 7) is 0. The Bertz CT molecular complexity index is 1170. The van der Waals surface area contributed by atoms with Gasteiger partial charge in [-0.1, -0.05) is 36.4 Å². The van der Waals surface area contributed by atoms with Gasteiger partial charge in [0.25, 0.3) is 0 Å². The van der Waals surface area contributed by atoms with E-state index in [4.69, 9.17) is 0 Å². The first-order valence-electron chi connectivity index (χ1n) is 8.38. The van der Waals surface area contributed by atoms with Crippen molar-refractivity contribution in [1.82, 2.24) is 9.97 Å². The molecule has 2 heterocycles. The van der Waals surface area contributed by atoms with Gasteiger partial charge in [0.05, 0.1) is 0 Å². The molecule has 2 N–H and O–H groups in total. The molecule has 2 aromatic carbocycles. The molecular formula is C22H14N2O2. The number of fused-ring (bicyclic) bond motifs is 2. The van der Waals surface area contributed by atoms with E-state index in [1.165, 1.54) is 12.2 Å². The normalized spacial score (nSPS) is 14.8. The molecule has 1 aliphatic carbocycles. The Morgan fingerprint density at radius 2 is 1.00 bits per heavy atom. The average molecular weight is 338 g/mol. The van der Waals surface area contributed by atoms with Gasteiger partial charge in [0, 0.05) is 56.5 Å². The zero-order valence-electron chi connectivity index (χ0n) is 13.7. The van der Waals surface area contributed by atoms with Crippen LogP contribution in [-0.4, -0.2) is 21.5 Å². The molecule has 5 rings (SSSR count). The second-order valence-corrected chi connectivity index (χ2v) is 6.31. The Labute approximate surface area is 148 Å². The number of H-pyrrole nitrogens is 2. The molecule has 0 saturated heterocycles. The molecule has 4 nitrogen and oxygen atoms in total. The van der Waals surface area contributed by atoms with E-state index >= 15 is 0 Å². The number of ketones is 2. The first kappa shape index (κ1) is 14.7. The summed E-state index contributed by atoms with van der Waals surface area (Å²) in [6.07, 6.45) is 6.33. The van der Waals surface area contributed by atoms with E-state index in [1.54, 1.807) is 12.4 Å². The lowest BCUT2D eigenvalue weighted by Gasteiger charge is -2.14. The zero-order chi connectivity index (χ0) is 17.7. The molecule has 26 heavy (non-hydrogen) atoms. The monoisotopic (exact) mass is 338 g/mol. The number of hydrogen-bond acceptors (Lipinski definition) is 2. The van der Waals surface area contributed by atoms with Crippen LogP contribution in [0.2, 0.25) is 0 Å². The molecule has 0 fully saturated rings. The minimum atomic E-state index is -0.158. The molecule has 1 aliphatic rings. The molecule has 4 heteroatoms. The van der Waals surface area contributed by atoms with Crippen molar-refractivity contribution in [3.63, 3.8) is 0 Å². The third-order valence-electron chi connectivity index (χ3n) is 4.85. The van der Waals surface area contributed by atoms with E-state index < -0.39 is 0 Å². The summed E-state index contributed by atoms with van der Waals surface area (Å²) >= 11 is 0. The van der Waals surface area contributed by atoms with Crippen LogP contribution in [0.3, 0.4) is 0 Å². The Balaban J connectivity index is 1.87. The molecule has 0 saturated carbocycles. The third-order valence-corrected chi connectivity index (χ3v) is 4.85. The highest BCUT2D eigenvalue weighted by Crippen LogP contribution is 2.37. The number of carbonyl (C=O) groups is 2. The van der Waals surface area contributed by atoms with Crippen LogP contribution < -0.4 is 0 Å². The topological polar surface area (TPSA) is 65.7 Å². The molecule has 2 aromatic heterocycles. The molecule has 0 radical (unpaired) electrons. The minimum Gasteiger partial charge on any atom is -0.361 e. The van der Waals surface area contributed by atoms with Crippen LogP contribution in [0.4, 0.5) is 0 Å². The number of benzene rings is 2. The summed E-state index contributed by atoms with van der Waals surface area (Å²) in [6, 6.07) is 15.5. The highest BCUT2D eigenvalue weighted by Gasteiger charge is 2.28. The van der Waals surface area contributed by atoms with Gasteiger partial charge in [0.15, 0.2) is 11.6 Å². The van der Waals surface area contributed by atoms with Crippen LogP contribution in [0.15, 0.2) is 73.1 Å². The maximum Gasteiger partial charge on any atom is 0.187 e. The lowest BCUT2D eigenvalue weighted by atomic mass is 9.85. The van der Waals surface area contributed by atoms with Crippen LogP contribution in [0, 0.1) is 0 Å². The summed E-state index contributed by atoms with van der Waals surface area (Å²) < 4.78 is 0. The molecule has 0 spiro atoms. The van der Waals surface area contributed by atoms with Crippen LogP contribution in [0.25, 0.3) is 33.0 Å². The smallest absolute Gasteiger partial charge is 0.187 e. The lowest BCUT2D eigenvalue weighted by molar-refractivity contribution is -0.112. The van der Waals surface area contributed by atoms with E-state index in [-0.39, 0.29) is 11.6 Å². The van der Waals surface area contributed by atoms with Crippen LogP contribution in [0.1, 0.15) is 11.1 Å². The molecule has 0 amide bonds. The molecule has 0 atom stereocenters. The second kappa shape index (κ2) is 5.43. The lowest BCUT2D eigenvalue weighted by Crippen LogP contribution is -2.12. The summed E-state index contributed by atoms with van der Waals surface area (Å²) in [7, 11) is 0. The van der Waals surface area contributed by atoms with Crippen molar-refractivity contribution < 1.29 is 9.59 Å². The van der Waals surface area contributed by atoms with Gasteiger partial charge in [-0.3, -0.25) is 9.59 Å². The number of hydrogen-bond donors (Lipinski definition) is 2. The van der Waals surface area contributed by atoms with Crippen molar-refractivity contribution in [2.24, 2.45) is 0 Å². The zero-order valence-corrected chi connectivity index (χ0v) is 13.7. The Hall–Kier alpha value is -3.66. The van der Waals surface area contributed by atoms with Crippen molar-refractivity contribution >= 4 is 44.5 Å². The van der Waals surface area contributed by atoms with Crippen molar-refractivity contribution in [1.29, 1.82) is 0 Å². The van der Waals surface area contributed by atoms with Crippen molar-refractivity contribution in [2.45, 2.75) is 0 Å². The predicted molar refractivity (Wildman–Crippen MR) is 103 cm³/mol. The van der Waals surface area contributed by atoms with E-state index in [0.717, 1.165) is 32.9 Å². The Kier molecular flexibility index (Phi) is 3.06. The van der Waals surface area contributed by atoms with Gasteiger partial charge in [-0.15, -0.1) is 0 Å². The summed E-state index contributed by atoms with van der Waals surface area (Å²) in [4.78, 5) is 32.0. The predicted octanol–water partition coefficient (Wildman–Crippen LogP) is 4.27. The van der Waals surface area contributed by atoms with Gasteiger partial charge >= 0.3 is 0 Å². The van der Waals surface area contributed by atoms with Crippen LogP contribution in [-0.2, 0) is 9.59 Å². The van der Waals surface area contributed by atoms with Crippen molar-refractivity contribution in [2.75, 3.05) is 0 Å². The third kappa shape index (κ3) is 2.02. The van der Waals surface area contributed by atoms with Gasteiger partial charge in [-0.2, -0.15) is 0 Å². The Morgan fingerprint density at radius 1 is 0.577 bits per heavy atom. The first-order valence-corrected chi connectivity index (χ1v) is 8.38. The Morgan fingerprint density at radius 3 is 1.46 bits per heavy atom. The minimum absolute atomic E-state index is 0.158. The molecule has 0 bridgehead atoms. The SMILES string of the molecule is O=C1C=CC(=O)C(c2c[nH]c3ccccc23)=C1c1c[nH]c2ccccc12. The summed E-state index contributed by atoms with van der Waals surface area (Å²) in [5, 5.41) is 1.85. The van der Waals surface area contributed by atoms with Gasteiger partial charge in [0.1, 0.15) is 0 Å². The average Bonchev–Trinajstić information content (AvgIpc) is 3.28.